The van der Waals surface area contributed by atoms with Gasteiger partial charge in [0.05, 0.1) is 6.20 Å². The molecule has 2 N–H and O–H groups in total. The Morgan fingerprint density at radius 2 is 2.28 bits per heavy atom. The summed E-state index contributed by atoms with van der Waals surface area (Å²) in [4.78, 5) is 4.33. The van der Waals surface area contributed by atoms with Crippen LogP contribution in [0.1, 0.15) is 17.9 Å². The van der Waals surface area contributed by atoms with E-state index in [0.29, 0.717) is 11.8 Å². The molecule has 1 aromatic heterocycles. The minimum Gasteiger partial charge on any atom is -0.396 e. The number of nitrogens with zero attached hydrogens (tertiary/aromatic N) is 3. The van der Waals surface area contributed by atoms with Crippen LogP contribution in [0.2, 0.25) is 0 Å². The monoisotopic (exact) mass is 244 g/mol. The SMILES string of the molecule is OCCCn1cc(C2C=CN=C3NC=CC32)cn1. The van der Waals surface area contributed by atoms with Crippen LogP contribution in [-0.4, -0.2) is 27.3 Å². The van der Waals surface area contributed by atoms with E-state index >= 15 is 0 Å². The Bertz CT molecular complexity index is 515. The van der Waals surface area contributed by atoms with E-state index in [2.05, 4.69) is 33.8 Å². The molecular formula is C13H16N4O. The van der Waals surface area contributed by atoms with Crippen LogP contribution in [0.4, 0.5) is 0 Å². The van der Waals surface area contributed by atoms with Crippen LogP contribution in [0.3, 0.4) is 0 Å². The molecule has 0 saturated heterocycles. The lowest BCUT2D eigenvalue weighted by Crippen LogP contribution is -2.25. The zero-order valence-corrected chi connectivity index (χ0v) is 10.0. The van der Waals surface area contributed by atoms with Crippen LogP contribution in [-0.2, 0) is 6.54 Å². The van der Waals surface area contributed by atoms with Gasteiger partial charge in [-0.2, -0.15) is 5.10 Å². The van der Waals surface area contributed by atoms with Gasteiger partial charge in [0.2, 0.25) is 0 Å². The third-order valence-corrected chi connectivity index (χ3v) is 3.33. The van der Waals surface area contributed by atoms with Crippen LogP contribution >= 0.6 is 0 Å². The summed E-state index contributed by atoms with van der Waals surface area (Å²) in [6.07, 6.45) is 12.7. The number of aryl methyl sites for hydroxylation is 1. The molecule has 2 aliphatic heterocycles. The number of aliphatic imine (C=N–C) groups is 1. The highest BCUT2D eigenvalue weighted by Crippen LogP contribution is 2.32. The average Bonchev–Trinajstić information content (AvgIpc) is 3.04. The summed E-state index contributed by atoms with van der Waals surface area (Å²) in [6, 6.07) is 0. The quantitative estimate of drug-likeness (QED) is 0.831. The molecule has 2 aliphatic rings. The molecule has 3 heterocycles. The lowest BCUT2D eigenvalue weighted by Gasteiger charge is -2.20. The molecular weight excluding hydrogens is 228 g/mol. The Hall–Kier alpha value is -1.88. The maximum Gasteiger partial charge on any atom is 0.113 e. The fourth-order valence-corrected chi connectivity index (χ4v) is 2.40. The maximum atomic E-state index is 8.82. The second kappa shape index (κ2) is 4.78. The molecule has 0 radical (unpaired) electrons. The van der Waals surface area contributed by atoms with Gasteiger partial charge in [0.1, 0.15) is 5.84 Å². The topological polar surface area (TPSA) is 62.4 Å². The van der Waals surface area contributed by atoms with E-state index in [9.17, 15) is 0 Å². The highest BCUT2D eigenvalue weighted by molar-refractivity contribution is 5.91. The number of nitrogens with one attached hydrogen (secondary N) is 1. The van der Waals surface area contributed by atoms with Crippen LogP contribution in [0.5, 0.6) is 0 Å². The number of fused-ring (bicyclic) bond motifs is 1. The highest BCUT2D eigenvalue weighted by Gasteiger charge is 2.29. The van der Waals surface area contributed by atoms with Crippen molar-refractivity contribution in [2.75, 3.05) is 6.61 Å². The third-order valence-electron chi connectivity index (χ3n) is 3.33. The lowest BCUT2D eigenvalue weighted by molar-refractivity contribution is 0.277. The van der Waals surface area contributed by atoms with E-state index in [1.807, 2.05) is 23.3 Å². The van der Waals surface area contributed by atoms with Gasteiger partial charge in [0, 0.05) is 37.4 Å². The third kappa shape index (κ3) is 1.97. The van der Waals surface area contributed by atoms with Crippen molar-refractivity contribution in [2.24, 2.45) is 10.9 Å². The summed E-state index contributed by atoms with van der Waals surface area (Å²) in [7, 11) is 0. The van der Waals surface area contributed by atoms with Crippen molar-refractivity contribution in [3.63, 3.8) is 0 Å². The van der Waals surface area contributed by atoms with Gasteiger partial charge < -0.3 is 10.4 Å². The van der Waals surface area contributed by atoms with Gasteiger partial charge in [-0.05, 0) is 18.2 Å². The van der Waals surface area contributed by atoms with E-state index in [4.69, 9.17) is 5.11 Å². The molecule has 3 rings (SSSR count). The van der Waals surface area contributed by atoms with Crippen molar-refractivity contribution in [3.8, 4) is 0 Å². The predicted molar refractivity (Wildman–Crippen MR) is 69.0 cm³/mol. The molecule has 94 valence electrons. The molecule has 0 spiro atoms. The standard InChI is InChI=1S/C13H16N4O/c18-7-1-6-17-9-10(8-16-17)11-2-4-14-13-12(11)3-5-15-13/h2-5,8-9,11-12,18H,1,6-7H2,(H,14,15). The van der Waals surface area contributed by atoms with Gasteiger partial charge >= 0.3 is 0 Å². The normalized spacial score (nSPS) is 24.8. The largest absolute Gasteiger partial charge is 0.396 e. The second-order valence-corrected chi connectivity index (χ2v) is 4.52. The van der Waals surface area contributed by atoms with Crippen molar-refractivity contribution < 1.29 is 5.11 Å². The van der Waals surface area contributed by atoms with Gasteiger partial charge in [0.15, 0.2) is 0 Å². The molecule has 2 atom stereocenters. The van der Waals surface area contributed by atoms with Crippen molar-refractivity contribution in [2.45, 2.75) is 18.9 Å². The summed E-state index contributed by atoms with van der Waals surface area (Å²) in [5.74, 6) is 1.60. The molecule has 18 heavy (non-hydrogen) atoms. The lowest BCUT2D eigenvalue weighted by atomic mass is 9.86. The first-order valence-electron chi connectivity index (χ1n) is 6.19. The number of hydrogen-bond acceptors (Lipinski definition) is 4. The molecule has 0 bridgehead atoms. The fraction of sp³-hybridized carbons (Fsp3) is 0.385. The molecule has 5 heteroatoms. The second-order valence-electron chi connectivity index (χ2n) is 4.52. The van der Waals surface area contributed by atoms with Gasteiger partial charge in [-0.3, -0.25) is 4.68 Å². The summed E-state index contributed by atoms with van der Waals surface area (Å²) >= 11 is 0. The van der Waals surface area contributed by atoms with Crippen molar-refractivity contribution >= 4 is 5.84 Å². The fourth-order valence-electron chi connectivity index (χ4n) is 2.40. The zero-order valence-electron chi connectivity index (χ0n) is 10.0. The van der Waals surface area contributed by atoms with Gasteiger partial charge in [-0.25, -0.2) is 4.99 Å². The minimum absolute atomic E-state index is 0.199. The highest BCUT2D eigenvalue weighted by atomic mass is 16.3. The van der Waals surface area contributed by atoms with E-state index < -0.39 is 0 Å². The molecule has 0 aliphatic carbocycles. The first-order valence-corrected chi connectivity index (χ1v) is 6.19. The van der Waals surface area contributed by atoms with E-state index in [-0.39, 0.29) is 6.61 Å². The van der Waals surface area contributed by atoms with Crippen molar-refractivity contribution in [3.05, 3.63) is 42.5 Å². The Morgan fingerprint density at radius 3 is 3.17 bits per heavy atom. The maximum absolute atomic E-state index is 8.82. The van der Waals surface area contributed by atoms with Crippen LogP contribution < -0.4 is 5.32 Å². The number of hydrogen-bond donors (Lipinski definition) is 2. The predicted octanol–water partition coefficient (Wildman–Crippen LogP) is 1.01. The first kappa shape index (κ1) is 11.2. The van der Waals surface area contributed by atoms with Crippen molar-refractivity contribution in [1.82, 2.24) is 15.1 Å². The number of allylic oxidation sites excluding steroid dienone is 1. The summed E-state index contributed by atoms with van der Waals surface area (Å²) in [6.45, 7) is 0.956. The Kier molecular flexibility index (Phi) is 2.98. The Morgan fingerprint density at radius 1 is 1.33 bits per heavy atom. The van der Waals surface area contributed by atoms with Gasteiger partial charge in [0.25, 0.3) is 0 Å². The van der Waals surface area contributed by atoms with Crippen LogP contribution in [0.15, 0.2) is 41.9 Å². The average molecular weight is 244 g/mol. The number of aliphatic hydroxyl groups excluding tert-OH is 1. The first-order chi connectivity index (χ1) is 8.88. The van der Waals surface area contributed by atoms with Gasteiger partial charge in [-0.1, -0.05) is 12.2 Å². The summed E-state index contributed by atoms with van der Waals surface area (Å²) in [5, 5.41) is 16.3. The van der Waals surface area contributed by atoms with E-state index in [0.717, 1.165) is 18.8 Å². The minimum atomic E-state index is 0.199. The summed E-state index contributed by atoms with van der Waals surface area (Å²) in [5.41, 5.74) is 1.19. The van der Waals surface area contributed by atoms with E-state index in [1.165, 1.54) is 5.56 Å². The summed E-state index contributed by atoms with van der Waals surface area (Å²) < 4.78 is 1.89. The van der Waals surface area contributed by atoms with E-state index in [1.54, 1.807) is 0 Å². The molecule has 1 aromatic rings. The number of aliphatic hydroxyl groups is 1. The molecule has 0 saturated carbocycles. The molecule has 5 nitrogen and oxygen atoms in total. The molecule has 2 unspecified atom stereocenters. The van der Waals surface area contributed by atoms with Gasteiger partial charge in [-0.15, -0.1) is 0 Å². The Balaban J connectivity index is 1.78. The molecule has 0 amide bonds. The number of aromatic nitrogens is 2. The number of amidine groups is 1. The van der Waals surface area contributed by atoms with Crippen molar-refractivity contribution in [1.29, 1.82) is 0 Å². The van der Waals surface area contributed by atoms with Crippen LogP contribution in [0.25, 0.3) is 0 Å². The number of rotatable bonds is 4. The van der Waals surface area contributed by atoms with Crippen LogP contribution in [0, 0.1) is 5.92 Å². The molecule has 0 aromatic carbocycles. The zero-order chi connectivity index (χ0) is 12.4. The molecule has 0 fully saturated rings. The smallest absolute Gasteiger partial charge is 0.113 e. The Labute approximate surface area is 106 Å².